The number of ether oxygens (including phenoxy) is 1. The van der Waals surface area contributed by atoms with Crippen molar-refractivity contribution >= 4 is 39.4 Å². The summed E-state index contributed by atoms with van der Waals surface area (Å²) in [5.41, 5.74) is -1.31. The average molecular weight is 548 g/mol. The van der Waals surface area contributed by atoms with E-state index in [4.69, 9.17) is 4.74 Å². The van der Waals surface area contributed by atoms with Crippen molar-refractivity contribution in [1.29, 1.82) is 0 Å². The molecule has 0 bridgehead atoms. The van der Waals surface area contributed by atoms with Gasteiger partial charge in [0, 0.05) is 57.6 Å². The molecule has 1 atom stereocenters. The molecule has 5 rings (SSSR count). The molecule has 2 amide bonds. The Balaban J connectivity index is 1.32. The number of carbonyl (C=O) groups is 2. The second-order valence-corrected chi connectivity index (χ2v) is 10.4. The molecule has 2 saturated heterocycles. The van der Waals surface area contributed by atoms with Crippen LogP contribution in [0.1, 0.15) is 35.2 Å². The molecule has 2 aliphatic heterocycles. The third-order valence-corrected chi connectivity index (χ3v) is 8.03. The summed E-state index contributed by atoms with van der Waals surface area (Å²) in [5, 5.41) is 3.61. The lowest BCUT2D eigenvalue weighted by Crippen LogP contribution is -2.56. The summed E-state index contributed by atoms with van der Waals surface area (Å²) in [4.78, 5) is 33.6. The van der Waals surface area contributed by atoms with Gasteiger partial charge in [0.1, 0.15) is 5.82 Å². The molecule has 2 aromatic rings. The fraction of sp³-hybridized carbons (Fsp3) is 0.609. The van der Waals surface area contributed by atoms with Gasteiger partial charge in [-0.25, -0.2) is 18.6 Å². The van der Waals surface area contributed by atoms with Gasteiger partial charge in [-0.3, -0.25) is 9.69 Å². The zero-order valence-electron chi connectivity index (χ0n) is 20.0. The minimum atomic E-state index is -4.78. The number of hydrogen-bond acceptors (Lipinski definition) is 7. The number of aromatic nitrogens is 1. The zero-order valence-corrected chi connectivity index (χ0v) is 20.8. The number of piperazine rings is 1. The number of thiophene rings is 1. The van der Waals surface area contributed by atoms with Crippen molar-refractivity contribution in [2.75, 3.05) is 51.2 Å². The van der Waals surface area contributed by atoms with Gasteiger partial charge in [0.05, 0.1) is 27.9 Å². The number of anilines is 1. The first-order chi connectivity index (χ1) is 17.5. The third kappa shape index (κ3) is 5.17. The Hall–Kier alpha value is -2.74. The molecule has 0 aromatic carbocycles. The van der Waals surface area contributed by atoms with Gasteiger partial charge in [0.15, 0.2) is 6.10 Å². The number of pyridine rings is 1. The molecular formula is C23H26F5N5O3S. The van der Waals surface area contributed by atoms with E-state index < -0.39 is 42.3 Å². The van der Waals surface area contributed by atoms with Gasteiger partial charge in [-0.15, -0.1) is 11.3 Å². The summed E-state index contributed by atoms with van der Waals surface area (Å²) in [6, 6.07) is 1.29. The smallest absolute Gasteiger partial charge is 0.417 e. The summed E-state index contributed by atoms with van der Waals surface area (Å²) in [6.45, 7) is 1.07. The fourth-order valence-electron chi connectivity index (χ4n) is 4.83. The Bertz CT molecular complexity index is 1190. The first-order valence-corrected chi connectivity index (χ1v) is 12.9. The van der Waals surface area contributed by atoms with Gasteiger partial charge in [-0.05, 0) is 18.9 Å². The second-order valence-electron chi connectivity index (χ2n) is 9.53. The van der Waals surface area contributed by atoms with Crippen LogP contribution in [-0.2, 0) is 10.9 Å². The molecule has 4 heterocycles. The van der Waals surface area contributed by atoms with E-state index in [0.29, 0.717) is 43.6 Å². The van der Waals surface area contributed by atoms with Crippen molar-refractivity contribution in [2.45, 2.75) is 43.5 Å². The number of nitrogens with zero attached hydrogens (tertiary/aromatic N) is 4. The molecular weight excluding hydrogens is 521 g/mol. The number of hydrogen-bond donors (Lipinski definition) is 1. The highest BCUT2D eigenvalue weighted by molar-refractivity contribution is 7.17. The molecule has 37 heavy (non-hydrogen) atoms. The van der Waals surface area contributed by atoms with Crippen LogP contribution in [0.25, 0.3) is 10.2 Å². The predicted molar refractivity (Wildman–Crippen MR) is 126 cm³/mol. The van der Waals surface area contributed by atoms with Crippen molar-refractivity contribution in [3.63, 3.8) is 0 Å². The number of amides is 2. The summed E-state index contributed by atoms with van der Waals surface area (Å²) in [5.74, 6) is -4.46. The maximum absolute atomic E-state index is 15.1. The van der Waals surface area contributed by atoms with Crippen LogP contribution in [0.4, 0.5) is 32.6 Å². The van der Waals surface area contributed by atoms with Gasteiger partial charge in [-0.1, -0.05) is 0 Å². The number of piperidine rings is 1. The van der Waals surface area contributed by atoms with E-state index in [1.54, 1.807) is 0 Å². The van der Waals surface area contributed by atoms with Gasteiger partial charge >= 0.3 is 18.2 Å². The normalized spacial score (nSPS) is 22.8. The first kappa shape index (κ1) is 25.9. The molecule has 0 radical (unpaired) electrons. The minimum Gasteiger partial charge on any atom is -0.440 e. The number of alkyl halides is 5. The van der Waals surface area contributed by atoms with Gasteiger partial charge < -0.3 is 19.9 Å². The van der Waals surface area contributed by atoms with E-state index in [1.807, 2.05) is 0 Å². The lowest BCUT2D eigenvalue weighted by molar-refractivity contribution is -0.136. The van der Waals surface area contributed by atoms with Crippen LogP contribution >= 0.6 is 11.3 Å². The molecule has 8 nitrogen and oxygen atoms in total. The molecule has 1 N–H and O–H groups in total. The Morgan fingerprint density at radius 1 is 1.14 bits per heavy atom. The Kier molecular flexibility index (Phi) is 6.67. The maximum atomic E-state index is 15.1. The van der Waals surface area contributed by atoms with E-state index in [0.717, 1.165) is 23.8 Å². The molecule has 1 saturated carbocycles. The highest BCUT2D eigenvalue weighted by atomic mass is 32.1. The Labute approximate surface area is 213 Å². The Morgan fingerprint density at radius 2 is 1.84 bits per heavy atom. The van der Waals surface area contributed by atoms with Crippen LogP contribution in [0.5, 0.6) is 0 Å². The molecule has 14 heteroatoms. The SMILES string of the molecule is CNC(=O)c1csc2c(C(F)(F)F)cc(N3CCC(OC(=O)N4CCN(C5CC5)CC4)C(F)(F)C3)nc12. The number of carbonyl (C=O) groups excluding carboxylic acids is 2. The lowest BCUT2D eigenvalue weighted by Gasteiger charge is -2.40. The van der Waals surface area contributed by atoms with Gasteiger partial charge in [0.2, 0.25) is 0 Å². The quantitative estimate of drug-likeness (QED) is 0.587. The number of fused-ring (bicyclic) bond motifs is 1. The number of halogens is 5. The molecule has 2 aromatic heterocycles. The average Bonchev–Trinajstić information content (AvgIpc) is 3.62. The van der Waals surface area contributed by atoms with E-state index in [2.05, 4.69) is 15.2 Å². The van der Waals surface area contributed by atoms with Crippen molar-refractivity contribution in [2.24, 2.45) is 0 Å². The molecule has 3 aliphatic rings. The van der Waals surface area contributed by atoms with Crippen LogP contribution < -0.4 is 10.2 Å². The van der Waals surface area contributed by atoms with Crippen molar-refractivity contribution in [1.82, 2.24) is 20.1 Å². The molecule has 0 spiro atoms. The van der Waals surface area contributed by atoms with Crippen molar-refractivity contribution in [3.05, 3.63) is 22.6 Å². The van der Waals surface area contributed by atoms with E-state index in [-0.39, 0.29) is 34.6 Å². The number of rotatable bonds is 4. The van der Waals surface area contributed by atoms with Crippen LogP contribution in [0.3, 0.4) is 0 Å². The topological polar surface area (TPSA) is 78.0 Å². The van der Waals surface area contributed by atoms with Crippen molar-refractivity contribution in [3.8, 4) is 0 Å². The summed E-state index contributed by atoms with van der Waals surface area (Å²) in [6.07, 6.45) is -5.29. The largest absolute Gasteiger partial charge is 0.440 e. The molecule has 202 valence electrons. The second kappa shape index (κ2) is 9.53. The highest BCUT2D eigenvalue weighted by Gasteiger charge is 2.49. The molecule has 1 unspecified atom stereocenters. The zero-order chi connectivity index (χ0) is 26.5. The lowest BCUT2D eigenvalue weighted by atomic mass is 10.0. The van der Waals surface area contributed by atoms with E-state index in [9.17, 15) is 22.8 Å². The first-order valence-electron chi connectivity index (χ1n) is 12.0. The van der Waals surface area contributed by atoms with Crippen molar-refractivity contribution < 1.29 is 36.3 Å². The van der Waals surface area contributed by atoms with E-state index in [1.165, 1.54) is 17.3 Å². The summed E-state index contributed by atoms with van der Waals surface area (Å²) >= 11 is 0.717. The Morgan fingerprint density at radius 3 is 2.43 bits per heavy atom. The third-order valence-electron chi connectivity index (χ3n) is 7.02. The maximum Gasteiger partial charge on any atom is 0.417 e. The summed E-state index contributed by atoms with van der Waals surface area (Å²) < 4.78 is 76.6. The standard InChI is InChI=1S/C23H26F5N5O3S/c1-29-20(34)14-11-37-19-15(23(26,27)28)10-17(30-18(14)19)33-5-4-16(22(24,25)12-33)36-21(35)32-8-6-31(7-9-32)13-2-3-13/h10-11,13,16H,2-9,12H2,1H3,(H,29,34). The summed E-state index contributed by atoms with van der Waals surface area (Å²) in [7, 11) is 1.33. The van der Waals surface area contributed by atoms with Gasteiger partial charge in [0.25, 0.3) is 5.91 Å². The predicted octanol–water partition coefficient (Wildman–Crippen LogP) is 3.81. The van der Waals surface area contributed by atoms with Crippen LogP contribution in [0.2, 0.25) is 0 Å². The molecule has 1 aliphatic carbocycles. The monoisotopic (exact) mass is 547 g/mol. The van der Waals surface area contributed by atoms with Crippen LogP contribution in [0, 0.1) is 0 Å². The van der Waals surface area contributed by atoms with Gasteiger partial charge in [-0.2, -0.15) is 13.2 Å². The van der Waals surface area contributed by atoms with E-state index >= 15 is 8.78 Å². The highest BCUT2D eigenvalue weighted by Crippen LogP contribution is 2.41. The van der Waals surface area contributed by atoms with Crippen LogP contribution in [0.15, 0.2) is 11.4 Å². The fourth-order valence-corrected chi connectivity index (χ4v) is 5.85. The number of nitrogens with one attached hydrogen (secondary N) is 1. The van der Waals surface area contributed by atoms with Crippen LogP contribution in [-0.4, -0.2) is 91.2 Å². The minimum absolute atomic E-state index is 0.0628. The molecule has 3 fully saturated rings.